The smallest absolute Gasteiger partial charge is 0.248 e. The topological polar surface area (TPSA) is 79.9 Å². The molecule has 82 valence electrons. The minimum absolute atomic E-state index is 0.0525. The van der Waals surface area contributed by atoms with Crippen molar-refractivity contribution in [3.63, 3.8) is 0 Å². The Hall–Kier alpha value is -1.43. The van der Waals surface area contributed by atoms with Crippen molar-refractivity contribution in [1.29, 1.82) is 0 Å². The Morgan fingerprint density at radius 3 is 2.87 bits per heavy atom. The molecule has 0 radical (unpaired) electrons. The second kappa shape index (κ2) is 3.62. The number of aromatic amines is 1. The van der Waals surface area contributed by atoms with Gasteiger partial charge < -0.3 is 4.74 Å². The molecule has 1 fully saturated rings. The van der Waals surface area contributed by atoms with Crippen LogP contribution >= 0.6 is 0 Å². The number of H-pyrrole nitrogens is 1. The molecule has 0 aliphatic heterocycles. The van der Waals surface area contributed by atoms with Gasteiger partial charge in [0.25, 0.3) is 0 Å². The molecule has 1 aliphatic carbocycles. The van der Waals surface area contributed by atoms with Gasteiger partial charge >= 0.3 is 0 Å². The van der Waals surface area contributed by atoms with E-state index in [1.165, 1.54) is 0 Å². The first-order valence-electron chi connectivity index (χ1n) is 4.86. The number of carbonyl (C=O) groups excluding carboxylic acids is 1. The molecule has 6 nitrogen and oxygen atoms in total. The molecule has 0 aromatic carbocycles. The number of hydrogen-bond acceptors (Lipinski definition) is 4. The molecular weight excluding hydrogens is 196 g/mol. The fraction of sp³-hybridized carbons (Fsp3) is 0.667. The predicted molar refractivity (Wildman–Crippen MR) is 53.3 cm³/mol. The molecule has 1 aromatic rings. The Labute approximate surface area is 87.4 Å². The maximum atomic E-state index is 11.8. The number of rotatable bonds is 4. The Morgan fingerprint density at radius 1 is 1.67 bits per heavy atom. The number of hydrogen-bond donors (Lipinski definition) is 2. The summed E-state index contributed by atoms with van der Waals surface area (Å²) in [6, 6.07) is 0. The normalized spacial score (nSPS) is 17.5. The molecule has 6 heteroatoms. The summed E-state index contributed by atoms with van der Waals surface area (Å²) in [5, 5.41) is 9.20. The Morgan fingerprint density at radius 2 is 2.40 bits per heavy atom. The van der Waals surface area contributed by atoms with Crippen LogP contribution in [0.2, 0.25) is 0 Å². The molecule has 1 saturated carbocycles. The summed E-state index contributed by atoms with van der Waals surface area (Å²) in [6.07, 6.45) is 1.74. The van der Waals surface area contributed by atoms with Gasteiger partial charge in [0, 0.05) is 7.11 Å². The summed E-state index contributed by atoms with van der Waals surface area (Å²) in [5.74, 6) is 0.963. The first kappa shape index (κ1) is 10.1. The highest BCUT2D eigenvalue weighted by atomic mass is 16.5. The first-order valence-corrected chi connectivity index (χ1v) is 4.86. The molecule has 0 saturated heterocycles. The number of carbonyl (C=O) groups is 1. The van der Waals surface area contributed by atoms with E-state index in [4.69, 9.17) is 4.74 Å². The highest BCUT2D eigenvalue weighted by Crippen LogP contribution is 2.46. The standard InChI is InChI=1S/C9H14N4O2/c1-6-10-8(13-12-6)11-7(14)9(3-4-9)5-15-2/h3-5H2,1-2H3,(H2,10,11,12,13,14). The van der Waals surface area contributed by atoms with Crippen LogP contribution in [0.15, 0.2) is 0 Å². The number of aromatic nitrogens is 3. The lowest BCUT2D eigenvalue weighted by Crippen LogP contribution is -2.28. The summed E-state index contributed by atoms with van der Waals surface area (Å²) in [7, 11) is 1.60. The lowest BCUT2D eigenvalue weighted by Gasteiger charge is -2.11. The molecule has 0 unspecified atom stereocenters. The van der Waals surface area contributed by atoms with Gasteiger partial charge in [0.2, 0.25) is 11.9 Å². The second-order valence-electron chi connectivity index (χ2n) is 3.91. The van der Waals surface area contributed by atoms with E-state index in [2.05, 4.69) is 20.5 Å². The average molecular weight is 210 g/mol. The van der Waals surface area contributed by atoms with E-state index in [0.29, 0.717) is 18.4 Å². The Bertz CT molecular complexity index is 370. The van der Waals surface area contributed by atoms with Crippen molar-refractivity contribution in [1.82, 2.24) is 15.2 Å². The number of aryl methyl sites for hydroxylation is 1. The number of anilines is 1. The summed E-state index contributed by atoms with van der Waals surface area (Å²) >= 11 is 0. The summed E-state index contributed by atoms with van der Waals surface area (Å²) in [4.78, 5) is 15.8. The largest absolute Gasteiger partial charge is 0.384 e. The van der Waals surface area contributed by atoms with Crippen molar-refractivity contribution in [3.05, 3.63) is 5.82 Å². The third-order valence-corrected chi connectivity index (χ3v) is 2.58. The number of ether oxygens (including phenoxy) is 1. The lowest BCUT2D eigenvalue weighted by molar-refractivity contribution is -0.123. The van der Waals surface area contributed by atoms with Crippen LogP contribution in [-0.4, -0.2) is 34.8 Å². The highest BCUT2D eigenvalue weighted by molar-refractivity contribution is 5.95. The van der Waals surface area contributed by atoms with Crippen LogP contribution in [0.1, 0.15) is 18.7 Å². The summed E-state index contributed by atoms with van der Waals surface area (Å²) in [6.45, 7) is 2.24. The number of nitrogens with zero attached hydrogens (tertiary/aromatic N) is 2. The number of amides is 1. The number of nitrogens with one attached hydrogen (secondary N) is 2. The molecular formula is C9H14N4O2. The fourth-order valence-corrected chi connectivity index (χ4v) is 1.50. The quantitative estimate of drug-likeness (QED) is 0.757. The molecule has 0 atom stereocenters. The van der Waals surface area contributed by atoms with Crippen molar-refractivity contribution < 1.29 is 9.53 Å². The van der Waals surface area contributed by atoms with Gasteiger partial charge in [0.1, 0.15) is 5.82 Å². The van der Waals surface area contributed by atoms with Crippen LogP contribution in [0.5, 0.6) is 0 Å². The highest BCUT2D eigenvalue weighted by Gasteiger charge is 2.50. The Balaban J connectivity index is 1.98. The first-order chi connectivity index (χ1) is 7.16. The predicted octanol–water partition coefficient (Wildman–Crippen LogP) is 0.478. The van der Waals surface area contributed by atoms with E-state index >= 15 is 0 Å². The third kappa shape index (κ3) is 1.99. The van der Waals surface area contributed by atoms with Crippen molar-refractivity contribution in [2.45, 2.75) is 19.8 Å². The van der Waals surface area contributed by atoms with Crippen LogP contribution in [0.4, 0.5) is 5.95 Å². The van der Waals surface area contributed by atoms with Crippen molar-refractivity contribution in [2.75, 3.05) is 19.0 Å². The fourth-order valence-electron chi connectivity index (χ4n) is 1.50. The zero-order valence-electron chi connectivity index (χ0n) is 8.83. The minimum atomic E-state index is -0.344. The molecule has 15 heavy (non-hydrogen) atoms. The molecule has 0 spiro atoms. The van der Waals surface area contributed by atoms with Crippen molar-refractivity contribution in [2.24, 2.45) is 5.41 Å². The van der Waals surface area contributed by atoms with Crippen LogP contribution in [-0.2, 0) is 9.53 Å². The molecule has 0 bridgehead atoms. The maximum absolute atomic E-state index is 11.8. The lowest BCUT2D eigenvalue weighted by atomic mass is 10.1. The van der Waals surface area contributed by atoms with E-state index < -0.39 is 0 Å². The zero-order chi connectivity index (χ0) is 10.9. The van der Waals surface area contributed by atoms with Crippen LogP contribution < -0.4 is 5.32 Å². The van der Waals surface area contributed by atoms with Gasteiger partial charge in [-0.15, -0.1) is 5.10 Å². The van der Waals surface area contributed by atoms with E-state index in [-0.39, 0.29) is 11.3 Å². The summed E-state index contributed by atoms with van der Waals surface area (Å²) in [5.41, 5.74) is -0.344. The van der Waals surface area contributed by atoms with Gasteiger partial charge in [-0.3, -0.25) is 15.2 Å². The van der Waals surface area contributed by atoms with Crippen LogP contribution in [0.3, 0.4) is 0 Å². The van der Waals surface area contributed by atoms with Gasteiger partial charge in [-0.1, -0.05) is 0 Å². The second-order valence-corrected chi connectivity index (χ2v) is 3.91. The van der Waals surface area contributed by atoms with Crippen molar-refractivity contribution in [3.8, 4) is 0 Å². The monoisotopic (exact) mass is 210 g/mol. The SMILES string of the molecule is COCC1(C(=O)Nc2n[nH]c(C)n2)CC1. The van der Waals surface area contributed by atoms with E-state index in [0.717, 1.165) is 12.8 Å². The Kier molecular flexibility index (Phi) is 2.44. The average Bonchev–Trinajstić information content (AvgIpc) is 2.86. The molecule has 1 heterocycles. The minimum Gasteiger partial charge on any atom is -0.384 e. The third-order valence-electron chi connectivity index (χ3n) is 2.58. The van der Waals surface area contributed by atoms with E-state index in [9.17, 15) is 4.79 Å². The molecule has 2 N–H and O–H groups in total. The van der Waals surface area contributed by atoms with Gasteiger partial charge in [-0.05, 0) is 19.8 Å². The molecule has 1 aliphatic rings. The van der Waals surface area contributed by atoms with Crippen LogP contribution in [0, 0.1) is 12.3 Å². The summed E-state index contributed by atoms with van der Waals surface area (Å²) < 4.78 is 5.02. The maximum Gasteiger partial charge on any atom is 0.248 e. The molecule has 2 rings (SSSR count). The van der Waals surface area contributed by atoms with E-state index in [1.54, 1.807) is 14.0 Å². The molecule has 1 amide bonds. The van der Waals surface area contributed by atoms with Gasteiger partial charge in [0.15, 0.2) is 0 Å². The van der Waals surface area contributed by atoms with Gasteiger partial charge in [-0.25, -0.2) is 0 Å². The zero-order valence-corrected chi connectivity index (χ0v) is 8.83. The van der Waals surface area contributed by atoms with Crippen molar-refractivity contribution >= 4 is 11.9 Å². The van der Waals surface area contributed by atoms with Gasteiger partial charge in [-0.2, -0.15) is 4.98 Å². The number of methoxy groups -OCH3 is 1. The van der Waals surface area contributed by atoms with Crippen LogP contribution in [0.25, 0.3) is 0 Å². The molecule has 1 aromatic heterocycles. The van der Waals surface area contributed by atoms with E-state index in [1.807, 2.05) is 0 Å². The van der Waals surface area contributed by atoms with Gasteiger partial charge in [0.05, 0.1) is 12.0 Å².